The second-order valence-corrected chi connectivity index (χ2v) is 27.6. The first-order valence-corrected chi connectivity index (χ1v) is 24.3. The topological polar surface area (TPSA) is 116 Å². The van der Waals surface area contributed by atoms with E-state index in [0.717, 1.165) is 25.7 Å². The molecule has 0 saturated carbocycles. The van der Waals surface area contributed by atoms with E-state index in [1.54, 1.807) is 24.3 Å². The third-order valence-electron chi connectivity index (χ3n) is 10.1. The minimum atomic E-state index is -1.40. The minimum Gasteiger partial charge on any atom is -0.462 e. The number of hydrogen-bond donors (Lipinski definition) is 2. The molecule has 0 aromatic heterocycles. The number of cyclic esters (lactones) is 1. The van der Waals surface area contributed by atoms with Crippen LogP contribution >= 0.6 is 0 Å². The number of allylic oxidation sites excluding steroid dienone is 3. The van der Waals surface area contributed by atoms with Gasteiger partial charge in [-0.1, -0.05) is 96.5 Å². The molecular formula is C37H59NO6Si2. The molecule has 0 unspecified atom stereocenters. The van der Waals surface area contributed by atoms with Gasteiger partial charge in [-0.15, -0.1) is 0 Å². The normalized spacial score (nSPS) is 28.6. The summed E-state index contributed by atoms with van der Waals surface area (Å²) in [5.41, 5.74) is 6.82. The molecule has 1 amide bonds. The van der Waals surface area contributed by atoms with Crippen molar-refractivity contribution in [1.29, 1.82) is 0 Å². The predicted octanol–water partition coefficient (Wildman–Crippen LogP) is 7.55. The number of aliphatic hydroxyl groups excluding tert-OH is 1. The number of hydrogen-bond acceptors (Lipinski definition) is 6. The highest BCUT2D eigenvalue weighted by molar-refractivity contribution is 6.96. The van der Waals surface area contributed by atoms with Gasteiger partial charge >= 0.3 is 11.9 Å². The summed E-state index contributed by atoms with van der Waals surface area (Å²) in [7, 11) is -2.79. The van der Waals surface area contributed by atoms with Crippen molar-refractivity contribution in [3.63, 3.8) is 0 Å². The summed E-state index contributed by atoms with van der Waals surface area (Å²) in [6.07, 6.45) is 9.92. The second kappa shape index (κ2) is 16.1. The highest BCUT2D eigenvalue weighted by atomic mass is 28.4. The van der Waals surface area contributed by atoms with E-state index in [1.165, 1.54) is 5.57 Å². The molecule has 8 atom stereocenters. The molecule has 1 aromatic carbocycles. The van der Waals surface area contributed by atoms with Crippen molar-refractivity contribution in [2.24, 2.45) is 35.3 Å². The zero-order chi connectivity index (χ0) is 34.4. The van der Waals surface area contributed by atoms with Crippen LogP contribution in [0.4, 0.5) is 0 Å². The third kappa shape index (κ3) is 10.8. The molecule has 1 saturated heterocycles. The summed E-state index contributed by atoms with van der Waals surface area (Å²) in [6, 6.07) is 8.76. The van der Waals surface area contributed by atoms with Gasteiger partial charge in [0, 0.05) is 34.0 Å². The van der Waals surface area contributed by atoms with Crippen LogP contribution in [0.5, 0.6) is 0 Å². The van der Waals surface area contributed by atoms with Gasteiger partial charge < -0.3 is 20.3 Å². The van der Waals surface area contributed by atoms with Gasteiger partial charge in [0.2, 0.25) is 5.91 Å². The van der Waals surface area contributed by atoms with E-state index in [4.69, 9.17) is 15.2 Å². The summed E-state index contributed by atoms with van der Waals surface area (Å²) in [6.45, 7) is 21.2. The minimum absolute atomic E-state index is 0.0368. The van der Waals surface area contributed by atoms with Crippen molar-refractivity contribution >= 4 is 34.0 Å². The van der Waals surface area contributed by atoms with Crippen LogP contribution in [-0.2, 0) is 19.1 Å². The number of primary amides is 1. The summed E-state index contributed by atoms with van der Waals surface area (Å²) in [5, 5.41) is 10.7. The molecule has 1 heterocycles. The van der Waals surface area contributed by atoms with Crippen LogP contribution in [-0.4, -0.2) is 57.4 Å². The Hall–Kier alpha value is -2.50. The SMILES string of the molecule is C[C@H]1C=C2C=C[C@H](C)[C@H](CC[C@H]3C[C@@H](O)CC(=O)O3)[C@H]2[C@@H](OC(=O)[C@@H](C)CC([Si](C)(C)C)[Si](C)(C)C)C1.NC(=O)c1ccccc1. The first-order valence-electron chi connectivity index (χ1n) is 17.2. The molecule has 46 heavy (non-hydrogen) atoms. The average molecular weight is 670 g/mol. The highest BCUT2D eigenvalue weighted by Gasteiger charge is 2.44. The Labute approximate surface area is 279 Å². The van der Waals surface area contributed by atoms with Crippen molar-refractivity contribution in [1.82, 2.24) is 0 Å². The third-order valence-corrected chi connectivity index (χ3v) is 19.9. The van der Waals surface area contributed by atoms with Gasteiger partial charge in [-0.05, 0) is 66.3 Å². The maximum atomic E-state index is 13.5. The van der Waals surface area contributed by atoms with Crippen LogP contribution in [0, 0.1) is 29.6 Å². The van der Waals surface area contributed by atoms with Crippen molar-refractivity contribution in [2.75, 3.05) is 0 Å². The molecule has 3 N–H and O–H groups in total. The molecule has 0 radical (unpaired) electrons. The first-order chi connectivity index (χ1) is 21.4. The van der Waals surface area contributed by atoms with E-state index in [2.05, 4.69) is 78.3 Å². The van der Waals surface area contributed by atoms with E-state index in [9.17, 15) is 19.5 Å². The fourth-order valence-electron chi connectivity index (χ4n) is 7.96. The molecule has 4 rings (SSSR count). The van der Waals surface area contributed by atoms with E-state index in [0.29, 0.717) is 34.9 Å². The maximum absolute atomic E-state index is 13.5. The standard InChI is InChI=1S/C30H52O5Si2.C7H7NO/c1-19-14-22-11-10-20(2)25(13-12-24-17-23(31)18-27(32)34-24)29(22)26(15-19)35-30(33)21(3)16-28(36(4,5)6)37(7,8)9;8-7(9)6-4-2-1-3-5-6/h10-11,14,19-21,23-26,28-29,31H,12-13,15-18H2,1-9H3;1-5H,(H2,8,9)/t19-,20-,21-,23+,24-,25-,26-,29-;/m0./s1. The summed E-state index contributed by atoms with van der Waals surface area (Å²) in [5.74, 6) is 0.383. The van der Waals surface area contributed by atoms with Crippen LogP contribution in [0.25, 0.3) is 0 Å². The largest absolute Gasteiger partial charge is 0.462 e. The van der Waals surface area contributed by atoms with E-state index in [1.807, 2.05) is 6.07 Å². The Kier molecular flexibility index (Phi) is 13.3. The number of carbonyl (C=O) groups is 3. The number of carbonyl (C=O) groups excluding carboxylic acids is 3. The number of rotatable bonds is 10. The van der Waals surface area contributed by atoms with Gasteiger partial charge in [0.15, 0.2) is 0 Å². The van der Waals surface area contributed by atoms with Gasteiger partial charge in [-0.2, -0.15) is 0 Å². The lowest BCUT2D eigenvalue weighted by Crippen LogP contribution is -2.46. The van der Waals surface area contributed by atoms with Gasteiger partial charge in [-0.3, -0.25) is 14.4 Å². The van der Waals surface area contributed by atoms with Gasteiger partial charge in [0.1, 0.15) is 12.2 Å². The van der Waals surface area contributed by atoms with Crippen molar-refractivity contribution in [2.45, 2.75) is 122 Å². The monoisotopic (exact) mass is 669 g/mol. The Morgan fingerprint density at radius 1 is 1.02 bits per heavy atom. The number of nitrogens with two attached hydrogens (primary N) is 1. The zero-order valence-corrected chi connectivity index (χ0v) is 31.6. The number of fused-ring (bicyclic) bond motifs is 1. The van der Waals surface area contributed by atoms with Gasteiger partial charge in [0.05, 0.1) is 18.4 Å². The average Bonchev–Trinajstić information content (AvgIpc) is 2.94. The van der Waals surface area contributed by atoms with Gasteiger partial charge in [-0.25, -0.2) is 0 Å². The van der Waals surface area contributed by atoms with Crippen LogP contribution < -0.4 is 5.73 Å². The fourth-order valence-corrected chi connectivity index (χ4v) is 20.5. The molecular weight excluding hydrogens is 611 g/mol. The first kappa shape index (κ1) is 38.0. The lowest BCUT2D eigenvalue weighted by atomic mass is 9.65. The van der Waals surface area contributed by atoms with E-state index >= 15 is 0 Å². The Bertz CT molecular complexity index is 1240. The fraction of sp³-hybridized carbons (Fsp3) is 0.649. The molecule has 9 heteroatoms. The second-order valence-electron chi connectivity index (χ2n) is 16.2. The van der Waals surface area contributed by atoms with Crippen molar-refractivity contribution < 1.29 is 29.0 Å². The number of benzene rings is 1. The van der Waals surface area contributed by atoms with Crippen LogP contribution in [0.3, 0.4) is 0 Å². The Morgan fingerprint density at radius 3 is 2.20 bits per heavy atom. The van der Waals surface area contributed by atoms with Crippen molar-refractivity contribution in [3.8, 4) is 0 Å². The summed E-state index contributed by atoms with van der Waals surface area (Å²) < 4.78 is 12.0. The summed E-state index contributed by atoms with van der Waals surface area (Å²) in [4.78, 5) is 35.8. The smallest absolute Gasteiger partial charge is 0.308 e. The predicted molar refractivity (Wildman–Crippen MR) is 191 cm³/mol. The van der Waals surface area contributed by atoms with Crippen molar-refractivity contribution in [3.05, 3.63) is 59.7 Å². The van der Waals surface area contributed by atoms with Crippen LogP contribution in [0.15, 0.2) is 54.1 Å². The van der Waals surface area contributed by atoms with E-state index < -0.39 is 22.3 Å². The highest BCUT2D eigenvalue weighted by Crippen LogP contribution is 2.46. The molecule has 1 aromatic rings. The quantitative estimate of drug-likeness (QED) is 0.196. The lowest BCUT2D eigenvalue weighted by molar-refractivity contribution is -0.162. The summed E-state index contributed by atoms with van der Waals surface area (Å²) >= 11 is 0. The zero-order valence-electron chi connectivity index (χ0n) is 29.6. The number of aliphatic hydroxyl groups is 1. The molecule has 2 aliphatic carbocycles. The maximum Gasteiger partial charge on any atom is 0.308 e. The molecule has 256 valence electrons. The Morgan fingerprint density at radius 2 is 1.65 bits per heavy atom. The molecule has 1 fully saturated rings. The molecule has 3 aliphatic rings. The Balaban J connectivity index is 0.000000549. The number of amides is 1. The lowest BCUT2D eigenvalue weighted by Gasteiger charge is -2.44. The van der Waals surface area contributed by atoms with Crippen LogP contribution in [0.1, 0.15) is 69.7 Å². The van der Waals surface area contributed by atoms with Gasteiger partial charge in [0.25, 0.3) is 0 Å². The number of ether oxygens (including phenoxy) is 2. The number of esters is 2. The van der Waals surface area contributed by atoms with E-state index in [-0.39, 0.29) is 48.3 Å². The van der Waals surface area contributed by atoms with Crippen LogP contribution in [0.2, 0.25) is 44.4 Å². The molecule has 0 spiro atoms. The molecule has 7 nitrogen and oxygen atoms in total. The molecule has 0 bridgehead atoms. The molecule has 1 aliphatic heterocycles.